The first-order valence-corrected chi connectivity index (χ1v) is 6.13. The monoisotopic (exact) mass is 286 g/mol. The fourth-order valence-electron chi connectivity index (χ4n) is 1.75. The molecule has 0 aromatic heterocycles. The van der Waals surface area contributed by atoms with Gasteiger partial charge in [0.2, 0.25) is 0 Å². The highest BCUT2D eigenvalue weighted by molar-refractivity contribution is 6.31. The summed E-state index contributed by atoms with van der Waals surface area (Å²) in [6, 6.07) is 4.19. The van der Waals surface area contributed by atoms with E-state index in [2.05, 4.69) is 0 Å². The van der Waals surface area contributed by atoms with Crippen LogP contribution in [0, 0.1) is 10.1 Å². The number of aliphatic carboxylic acids is 1. The van der Waals surface area contributed by atoms with Gasteiger partial charge in [-0.1, -0.05) is 11.6 Å². The topological polar surface area (TPSA) is 83.7 Å². The van der Waals surface area contributed by atoms with Crippen LogP contribution < -0.4 is 4.90 Å². The fourth-order valence-corrected chi connectivity index (χ4v) is 1.92. The Hall–Kier alpha value is -1.82. The number of benzene rings is 1. The Morgan fingerprint density at radius 1 is 1.53 bits per heavy atom. The van der Waals surface area contributed by atoms with Crippen LogP contribution in [0.2, 0.25) is 5.02 Å². The molecule has 0 heterocycles. The smallest absolute Gasteiger partial charge is 0.305 e. The molecule has 7 heteroatoms. The second kappa shape index (κ2) is 6.38. The van der Waals surface area contributed by atoms with E-state index in [1.54, 1.807) is 4.90 Å². The molecule has 0 amide bonds. The predicted molar refractivity (Wildman–Crippen MR) is 72.8 cm³/mol. The van der Waals surface area contributed by atoms with Crippen molar-refractivity contribution in [1.82, 2.24) is 0 Å². The van der Waals surface area contributed by atoms with E-state index in [0.717, 1.165) is 0 Å². The van der Waals surface area contributed by atoms with E-state index in [4.69, 9.17) is 16.7 Å². The third-order valence-electron chi connectivity index (χ3n) is 2.63. The number of carboxylic acid groups (broad SMARTS) is 1. The first-order valence-electron chi connectivity index (χ1n) is 5.75. The Kier molecular flexibility index (Phi) is 5.11. The molecule has 1 aromatic carbocycles. The fraction of sp³-hybridized carbons (Fsp3) is 0.417. The van der Waals surface area contributed by atoms with Crippen molar-refractivity contribution in [3.63, 3.8) is 0 Å². The molecule has 0 fully saturated rings. The molecule has 0 unspecified atom stereocenters. The lowest BCUT2D eigenvalue weighted by Gasteiger charge is -2.28. The van der Waals surface area contributed by atoms with E-state index in [1.165, 1.54) is 18.2 Å². The SMILES string of the molecule is CC(C)N(CCC(=O)O)c1cc(Cl)ccc1[N+](=O)[O-]. The van der Waals surface area contributed by atoms with Crippen molar-refractivity contribution < 1.29 is 14.8 Å². The lowest BCUT2D eigenvalue weighted by molar-refractivity contribution is -0.384. The van der Waals surface area contributed by atoms with E-state index in [-0.39, 0.29) is 24.7 Å². The summed E-state index contributed by atoms with van der Waals surface area (Å²) >= 11 is 5.87. The van der Waals surface area contributed by atoms with Crippen LogP contribution in [0.15, 0.2) is 18.2 Å². The number of rotatable bonds is 6. The third kappa shape index (κ3) is 4.10. The minimum absolute atomic E-state index is 0.0727. The number of hydrogen-bond donors (Lipinski definition) is 1. The maximum atomic E-state index is 11.0. The van der Waals surface area contributed by atoms with Crippen LogP contribution in [0.3, 0.4) is 0 Å². The van der Waals surface area contributed by atoms with Gasteiger partial charge in [0, 0.05) is 23.7 Å². The van der Waals surface area contributed by atoms with Crippen molar-refractivity contribution in [1.29, 1.82) is 0 Å². The van der Waals surface area contributed by atoms with Gasteiger partial charge in [-0.15, -0.1) is 0 Å². The van der Waals surface area contributed by atoms with Gasteiger partial charge in [-0.05, 0) is 26.0 Å². The third-order valence-corrected chi connectivity index (χ3v) is 2.87. The van der Waals surface area contributed by atoms with Crippen molar-refractivity contribution in [3.8, 4) is 0 Å². The van der Waals surface area contributed by atoms with Gasteiger partial charge < -0.3 is 10.0 Å². The van der Waals surface area contributed by atoms with Gasteiger partial charge in [0.15, 0.2) is 0 Å². The van der Waals surface area contributed by atoms with Gasteiger partial charge in [0.25, 0.3) is 5.69 Å². The maximum Gasteiger partial charge on any atom is 0.305 e. The van der Waals surface area contributed by atoms with Crippen LogP contribution in [0.4, 0.5) is 11.4 Å². The predicted octanol–water partition coefficient (Wildman–Crippen LogP) is 2.94. The summed E-state index contributed by atoms with van der Waals surface area (Å²) in [5.74, 6) is -0.949. The van der Waals surface area contributed by atoms with Crippen LogP contribution >= 0.6 is 11.6 Å². The molecular formula is C12H15ClN2O4. The highest BCUT2D eigenvalue weighted by Gasteiger charge is 2.22. The second-order valence-electron chi connectivity index (χ2n) is 4.32. The number of halogens is 1. The summed E-state index contributed by atoms with van der Waals surface area (Å²) in [6.07, 6.45) is -0.0954. The highest BCUT2D eigenvalue weighted by atomic mass is 35.5. The van der Waals surface area contributed by atoms with Crippen LogP contribution in [0.25, 0.3) is 0 Å². The van der Waals surface area contributed by atoms with Gasteiger partial charge in [-0.2, -0.15) is 0 Å². The number of nitrogens with zero attached hydrogens (tertiary/aromatic N) is 2. The van der Waals surface area contributed by atoms with Crippen LogP contribution in [0.1, 0.15) is 20.3 Å². The second-order valence-corrected chi connectivity index (χ2v) is 4.76. The van der Waals surface area contributed by atoms with Crippen molar-refractivity contribution in [2.75, 3.05) is 11.4 Å². The van der Waals surface area contributed by atoms with Crippen molar-refractivity contribution >= 4 is 28.9 Å². The van der Waals surface area contributed by atoms with Gasteiger partial charge in [0.05, 0.1) is 11.3 Å². The van der Waals surface area contributed by atoms with Gasteiger partial charge in [-0.25, -0.2) is 0 Å². The Morgan fingerprint density at radius 2 is 2.16 bits per heavy atom. The Labute approximate surface area is 115 Å². The quantitative estimate of drug-likeness (QED) is 0.642. The van der Waals surface area contributed by atoms with E-state index in [0.29, 0.717) is 10.7 Å². The zero-order valence-electron chi connectivity index (χ0n) is 10.7. The summed E-state index contributed by atoms with van der Waals surface area (Å²) in [5.41, 5.74) is 0.261. The van der Waals surface area contributed by atoms with Gasteiger partial charge in [0.1, 0.15) is 5.69 Å². The van der Waals surface area contributed by atoms with Crippen LogP contribution in [-0.4, -0.2) is 28.6 Å². The maximum absolute atomic E-state index is 11.0. The number of carboxylic acids is 1. The first kappa shape index (κ1) is 15.2. The summed E-state index contributed by atoms with van der Waals surface area (Å²) in [4.78, 5) is 22.8. The van der Waals surface area contributed by atoms with Crippen molar-refractivity contribution in [3.05, 3.63) is 33.3 Å². The van der Waals surface area contributed by atoms with Gasteiger partial charge in [-0.3, -0.25) is 14.9 Å². The number of nitro groups is 1. The molecule has 0 atom stereocenters. The minimum atomic E-state index is -0.949. The van der Waals surface area contributed by atoms with Crippen LogP contribution in [-0.2, 0) is 4.79 Å². The Balaban J connectivity index is 3.17. The first-order chi connectivity index (χ1) is 8.82. The zero-order valence-corrected chi connectivity index (χ0v) is 11.4. The van der Waals surface area contributed by atoms with Crippen molar-refractivity contribution in [2.24, 2.45) is 0 Å². The average molecular weight is 287 g/mol. The molecule has 1 rings (SSSR count). The number of anilines is 1. The summed E-state index contributed by atoms with van der Waals surface area (Å²) in [7, 11) is 0. The summed E-state index contributed by atoms with van der Waals surface area (Å²) < 4.78 is 0. The normalized spacial score (nSPS) is 10.5. The molecule has 6 nitrogen and oxygen atoms in total. The standard InChI is InChI=1S/C12H15ClN2O4/c1-8(2)14(6-5-12(16)17)11-7-9(13)3-4-10(11)15(18)19/h3-4,7-8H,5-6H2,1-2H3,(H,16,17). The highest BCUT2D eigenvalue weighted by Crippen LogP contribution is 2.32. The van der Waals surface area contributed by atoms with Gasteiger partial charge >= 0.3 is 5.97 Å². The molecule has 0 radical (unpaired) electrons. The molecule has 0 spiro atoms. The van der Waals surface area contributed by atoms with E-state index < -0.39 is 10.9 Å². The van der Waals surface area contributed by atoms with E-state index >= 15 is 0 Å². The zero-order chi connectivity index (χ0) is 14.6. The minimum Gasteiger partial charge on any atom is -0.481 e. The van der Waals surface area contributed by atoms with E-state index in [1.807, 2.05) is 13.8 Å². The Morgan fingerprint density at radius 3 is 2.63 bits per heavy atom. The largest absolute Gasteiger partial charge is 0.481 e. The number of nitro benzene ring substituents is 1. The number of carbonyl (C=O) groups is 1. The average Bonchev–Trinajstić information content (AvgIpc) is 2.27. The molecule has 0 aliphatic carbocycles. The molecule has 104 valence electrons. The molecular weight excluding hydrogens is 272 g/mol. The lowest BCUT2D eigenvalue weighted by Crippen LogP contribution is -2.33. The summed E-state index contributed by atoms with van der Waals surface area (Å²) in [6.45, 7) is 3.87. The molecule has 0 saturated carbocycles. The van der Waals surface area contributed by atoms with Crippen molar-refractivity contribution in [2.45, 2.75) is 26.3 Å². The molecule has 0 saturated heterocycles. The lowest BCUT2D eigenvalue weighted by atomic mass is 10.2. The Bertz CT molecular complexity index is 491. The van der Waals surface area contributed by atoms with E-state index in [9.17, 15) is 14.9 Å². The molecule has 0 bridgehead atoms. The molecule has 19 heavy (non-hydrogen) atoms. The number of hydrogen-bond acceptors (Lipinski definition) is 4. The molecule has 1 aromatic rings. The molecule has 0 aliphatic heterocycles. The summed E-state index contributed by atoms with van der Waals surface area (Å²) in [5, 5.41) is 20.1. The molecule has 0 aliphatic rings. The van der Waals surface area contributed by atoms with Crippen LogP contribution in [0.5, 0.6) is 0 Å². The molecule has 1 N–H and O–H groups in total.